The van der Waals surface area contributed by atoms with Crippen molar-refractivity contribution in [2.45, 2.75) is 21.1 Å². The number of hydrogen-bond acceptors (Lipinski definition) is 6. The van der Waals surface area contributed by atoms with E-state index in [0.29, 0.717) is 17.7 Å². The van der Waals surface area contributed by atoms with Gasteiger partial charge in [-0.3, -0.25) is 4.31 Å². The molecule has 2 aromatic carbocycles. The summed E-state index contributed by atoms with van der Waals surface area (Å²) in [5.41, 5.74) is 0.920. The number of rotatable bonds is 5. The first-order chi connectivity index (χ1) is 12.5. The Morgan fingerprint density at radius 2 is 1.59 bits per heavy atom. The molecule has 0 radical (unpaired) electrons. The van der Waals surface area contributed by atoms with Gasteiger partial charge >= 0.3 is 0 Å². The van der Waals surface area contributed by atoms with Gasteiger partial charge in [0.2, 0.25) is 20.0 Å². The zero-order valence-corrected chi connectivity index (χ0v) is 16.6. The van der Waals surface area contributed by atoms with E-state index in [-0.39, 0.29) is 21.2 Å². The molecule has 27 heavy (non-hydrogen) atoms. The second kappa shape index (κ2) is 6.56. The number of anilines is 1. The highest BCUT2D eigenvalue weighted by Crippen LogP contribution is 2.34. The van der Waals surface area contributed by atoms with Crippen LogP contribution in [0.25, 0.3) is 0 Å². The first-order valence-corrected chi connectivity index (χ1v) is 12.2. The molecule has 0 atom stereocenters. The minimum Gasteiger partial charge on any atom is -0.266 e. The van der Waals surface area contributed by atoms with Gasteiger partial charge in [0.1, 0.15) is 0 Å². The van der Waals surface area contributed by atoms with Crippen LogP contribution in [0.15, 0.2) is 57.2 Å². The van der Waals surface area contributed by atoms with Gasteiger partial charge in [0.15, 0.2) is 0 Å². The Morgan fingerprint density at radius 3 is 2.22 bits per heavy atom. The molecule has 3 rings (SSSR count). The standard InChI is InChI=1S/C15H17N3O6S3/c1-17-26(21,22)13-5-6-15-11(9-13)7-8-18(15)27(23,24)14-4-2-3-12(10-14)25(16,19)20/h2-6,9-10,17H,7-8H2,1H3,(H2,16,19,20). The number of sulfonamides is 3. The second-order valence-corrected chi connectivity index (χ2v) is 11.2. The number of nitrogens with zero attached hydrogens (tertiary/aromatic N) is 1. The number of primary sulfonamides is 1. The van der Waals surface area contributed by atoms with E-state index >= 15 is 0 Å². The Hall–Kier alpha value is -1.99. The molecule has 0 spiro atoms. The average Bonchev–Trinajstić information content (AvgIpc) is 3.05. The minimum atomic E-state index is -4.05. The summed E-state index contributed by atoms with van der Waals surface area (Å²) >= 11 is 0. The average molecular weight is 432 g/mol. The van der Waals surface area contributed by atoms with Crippen LogP contribution in [0.3, 0.4) is 0 Å². The quantitative estimate of drug-likeness (QED) is 0.682. The van der Waals surface area contributed by atoms with E-state index in [0.717, 1.165) is 10.4 Å². The minimum absolute atomic E-state index is 0.0409. The fourth-order valence-electron chi connectivity index (χ4n) is 2.82. The van der Waals surface area contributed by atoms with E-state index in [1.807, 2.05) is 0 Å². The van der Waals surface area contributed by atoms with E-state index in [1.165, 1.54) is 43.4 Å². The van der Waals surface area contributed by atoms with E-state index < -0.39 is 30.1 Å². The van der Waals surface area contributed by atoms with Crippen LogP contribution in [0.5, 0.6) is 0 Å². The third-order valence-electron chi connectivity index (χ3n) is 4.20. The molecular formula is C15H17N3O6S3. The predicted octanol–water partition coefficient (Wildman–Crippen LogP) is -0.00650. The molecule has 2 aromatic rings. The van der Waals surface area contributed by atoms with Gasteiger partial charge in [-0.25, -0.2) is 35.1 Å². The molecule has 0 saturated carbocycles. The molecular weight excluding hydrogens is 414 g/mol. The van der Waals surface area contributed by atoms with E-state index in [4.69, 9.17) is 5.14 Å². The Kier molecular flexibility index (Phi) is 4.80. The van der Waals surface area contributed by atoms with Crippen LogP contribution in [-0.2, 0) is 36.5 Å². The van der Waals surface area contributed by atoms with Crippen molar-refractivity contribution in [3.63, 3.8) is 0 Å². The van der Waals surface area contributed by atoms with Gasteiger partial charge < -0.3 is 0 Å². The molecule has 1 aliphatic heterocycles. The summed E-state index contributed by atoms with van der Waals surface area (Å²) in [6.45, 7) is 0.111. The van der Waals surface area contributed by atoms with E-state index in [1.54, 1.807) is 0 Å². The fourth-order valence-corrected chi connectivity index (χ4v) is 5.79. The van der Waals surface area contributed by atoms with Gasteiger partial charge in [0, 0.05) is 6.54 Å². The van der Waals surface area contributed by atoms with E-state index in [9.17, 15) is 25.3 Å². The van der Waals surface area contributed by atoms with Crippen molar-refractivity contribution >= 4 is 35.8 Å². The number of benzene rings is 2. The number of nitrogens with one attached hydrogen (secondary N) is 1. The van der Waals surface area contributed by atoms with Gasteiger partial charge in [0.25, 0.3) is 10.0 Å². The molecule has 0 bridgehead atoms. The molecule has 0 fully saturated rings. The van der Waals surface area contributed by atoms with Crippen molar-refractivity contribution in [3.8, 4) is 0 Å². The summed E-state index contributed by atoms with van der Waals surface area (Å²) in [5, 5.41) is 5.07. The topological polar surface area (TPSA) is 144 Å². The molecule has 12 heteroatoms. The molecule has 0 unspecified atom stereocenters. The monoisotopic (exact) mass is 431 g/mol. The lowest BCUT2D eigenvalue weighted by atomic mass is 10.2. The largest absolute Gasteiger partial charge is 0.266 e. The molecule has 9 nitrogen and oxygen atoms in total. The SMILES string of the molecule is CNS(=O)(=O)c1ccc2c(c1)CCN2S(=O)(=O)c1cccc(S(N)(=O)=O)c1. The maximum Gasteiger partial charge on any atom is 0.264 e. The zero-order chi connectivity index (χ0) is 20.0. The van der Waals surface area contributed by atoms with Crippen LogP contribution in [0.2, 0.25) is 0 Å². The summed E-state index contributed by atoms with van der Waals surface area (Å²) in [6, 6.07) is 8.96. The van der Waals surface area contributed by atoms with Crippen molar-refractivity contribution < 1.29 is 25.3 Å². The highest BCUT2D eigenvalue weighted by atomic mass is 32.2. The van der Waals surface area contributed by atoms with Gasteiger partial charge in [-0.15, -0.1) is 0 Å². The van der Waals surface area contributed by atoms with Crippen LogP contribution in [0.4, 0.5) is 5.69 Å². The van der Waals surface area contributed by atoms with Crippen molar-refractivity contribution in [2.75, 3.05) is 17.9 Å². The van der Waals surface area contributed by atoms with Gasteiger partial charge in [-0.1, -0.05) is 6.07 Å². The number of fused-ring (bicyclic) bond motifs is 1. The molecule has 0 amide bonds. The van der Waals surface area contributed by atoms with Crippen LogP contribution in [-0.4, -0.2) is 38.8 Å². The van der Waals surface area contributed by atoms with Gasteiger partial charge in [-0.05, 0) is 55.4 Å². The number of hydrogen-bond donors (Lipinski definition) is 2. The first-order valence-electron chi connectivity index (χ1n) is 7.69. The normalized spacial score (nSPS) is 15.0. The fraction of sp³-hybridized carbons (Fsp3) is 0.200. The molecule has 1 heterocycles. The van der Waals surface area contributed by atoms with Crippen LogP contribution < -0.4 is 14.2 Å². The predicted molar refractivity (Wildman–Crippen MR) is 98.7 cm³/mol. The van der Waals surface area contributed by atoms with Crippen LogP contribution in [0, 0.1) is 0 Å². The summed E-state index contributed by atoms with van der Waals surface area (Å²) in [5.74, 6) is 0. The molecule has 0 aliphatic carbocycles. The third kappa shape index (κ3) is 3.58. The Bertz CT molecular complexity index is 1220. The summed E-state index contributed by atoms with van der Waals surface area (Å²) in [6.07, 6.45) is 0.330. The molecule has 1 aliphatic rings. The summed E-state index contributed by atoms with van der Waals surface area (Å²) < 4.78 is 76.1. The Balaban J connectivity index is 2.05. The summed E-state index contributed by atoms with van der Waals surface area (Å²) in [7, 11) is -10.4. The van der Waals surface area contributed by atoms with Crippen molar-refractivity contribution in [3.05, 3.63) is 48.0 Å². The molecule has 0 aromatic heterocycles. The highest BCUT2D eigenvalue weighted by Gasteiger charge is 2.32. The van der Waals surface area contributed by atoms with Gasteiger partial charge in [0.05, 0.1) is 20.4 Å². The third-order valence-corrected chi connectivity index (χ3v) is 8.34. The molecule has 3 N–H and O–H groups in total. The smallest absolute Gasteiger partial charge is 0.264 e. The highest BCUT2D eigenvalue weighted by molar-refractivity contribution is 7.93. The number of nitrogens with two attached hydrogens (primary N) is 1. The Labute approximate surface area is 158 Å². The van der Waals surface area contributed by atoms with Gasteiger partial charge in [-0.2, -0.15) is 0 Å². The maximum absolute atomic E-state index is 13.0. The van der Waals surface area contributed by atoms with Crippen molar-refractivity contribution in [1.29, 1.82) is 0 Å². The second-order valence-electron chi connectivity index (χ2n) is 5.85. The maximum atomic E-state index is 13.0. The van der Waals surface area contributed by atoms with Crippen LogP contribution in [0.1, 0.15) is 5.56 Å². The summed E-state index contributed by atoms with van der Waals surface area (Å²) in [4.78, 5) is -0.480. The molecule has 146 valence electrons. The first kappa shape index (κ1) is 19.8. The zero-order valence-electron chi connectivity index (χ0n) is 14.2. The lowest BCUT2D eigenvalue weighted by molar-refractivity contribution is 0.587. The van der Waals surface area contributed by atoms with Crippen molar-refractivity contribution in [1.82, 2.24) is 4.72 Å². The van der Waals surface area contributed by atoms with Crippen molar-refractivity contribution in [2.24, 2.45) is 5.14 Å². The lowest BCUT2D eigenvalue weighted by Crippen LogP contribution is -2.29. The van der Waals surface area contributed by atoms with E-state index in [2.05, 4.69) is 4.72 Å². The molecule has 0 saturated heterocycles. The Morgan fingerprint density at radius 1 is 0.926 bits per heavy atom. The van der Waals surface area contributed by atoms with Crippen LogP contribution >= 0.6 is 0 Å². The lowest BCUT2D eigenvalue weighted by Gasteiger charge is -2.20.